The fraction of sp³-hybridized carbons (Fsp3) is 0.0769. The third-order valence-electron chi connectivity index (χ3n) is 2.55. The summed E-state index contributed by atoms with van der Waals surface area (Å²) in [4.78, 5) is 17.2. The molecule has 0 atom stereocenters. The number of nitrogens with zero attached hydrogens (tertiary/aromatic N) is 1. The van der Waals surface area contributed by atoms with E-state index in [-0.39, 0.29) is 5.91 Å². The van der Waals surface area contributed by atoms with Crippen LogP contribution < -0.4 is 5.32 Å². The molecule has 0 fully saturated rings. The van der Waals surface area contributed by atoms with Crippen LogP contribution in [0.4, 0.5) is 5.69 Å². The quantitative estimate of drug-likeness (QED) is 0.732. The van der Waals surface area contributed by atoms with Crippen LogP contribution in [0.1, 0.15) is 9.67 Å². The van der Waals surface area contributed by atoms with Crippen molar-refractivity contribution in [3.05, 3.63) is 40.6 Å². The van der Waals surface area contributed by atoms with Crippen LogP contribution in [0.25, 0.3) is 10.2 Å². The summed E-state index contributed by atoms with van der Waals surface area (Å²) in [5, 5.41) is 4.79. The van der Waals surface area contributed by atoms with Crippen LogP contribution in [0.15, 0.2) is 40.1 Å². The maximum absolute atomic E-state index is 12.0. The summed E-state index contributed by atoms with van der Waals surface area (Å²) in [5.74, 6) is -0.0744. The van der Waals surface area contributed by atoms with Crippen molar-refractivity contribution < 1.29 is 4.79 Å². The molecule has 1 N–H and O–H groups in total. The van der Waals surface area contributed by atoms with Crippen LogP contribution in [0, 0.1) is 0 Å². The van der Waals surface area contributed by atoms with Gasteiger partial charge in [-0.3, -0.25) is 4.79 Å². The lowest BCUT2D eigenvalue weighted by atomic mass is 10.3. The smallest absolute Gasteiger partial charge is 0.265 e. The van der Waals surface area contributed by atoms with E-state index in [4.69, 9.17) is 0 Å². The molecular formula is C13H10N2OS3. The molecule has 1 aromatic carbocycles. The number of aromatic nitrogens is 1. The molecule has 19 heavy (non-hydrogen) atoms. The van der Waals surface area contributed by atoms with Gasteiger partial charge in [0.25, 0.3) is 5.91 Å². The summed E-state index contributed by atoms with van der Waals surface area (Å²) in [7, 11) is 0. The normalized spacial score (nSPS) is 10.8. The van der Waals surface area contributed by atoms with Crippen molar-refractivity contribution in [2.24, 2.45) is 0 Å². The second-order valence-electron chi connectivity index (χ2n) is 3.80. The van der Waals surface area contributed by atoms with Gasteiger partial charge in [0.1, 0.15) is 0 Å². The van der Waals surface area contributed by atoms with E-state index >= 15 is 0 Å². The number of thiophene rings is 1. The fourth-order valence-corrected chi connectivity index (χ4v) is 3.76. The number of anilines is 1. The Morgan fingerprint density at radius 3 is 3.00 bits per heavy atom. The van der Waals surface area contributed by atoms with Gasteiger partial charge in [0.05, 0.1) is 15.1 Å². The number of thiazole rings is 1. The summed E-state index contributed by atoms with van der Waals surface area (Å²) in [5.41, 5.74) is 1.71. The first kappa shape index (κ1) is 12.7. The number of nitrogens with one attached hydrogen (secondary N) is 1. The molecular weight excluding hydrogens is 296 g/mol. The van der Waals surface area contributed by atoms with Crippen molar-refractivity contribution >= 4 is 56.2 Å². The van der Waals surface area contributed by atoms with Gasteiger partial charge in [0.15, 0.2) is 4.34 Å². The zero-order chi connectivity index (χ0) is 13.2. The van der Waals surface area contributed by atoms with E-state index < -0.39 is 0 Å². The molecule has 0 aliphatic heterocycles. The van der Waals surface area contributed by atoms with Gasteiger partial charge in [-0.25, -0.2) is 4.98 Å². The summed E-state index contributed by atoms with van der Waals surface area (Å²) >= 11 is 4.73. The predicted molar refractivity (Wildman–Crippen MR) is 83.7 cm³/mol. The molecule has 2 heterocycles. The standard InChI is InChI=1S/C13H10N2OS3/c1-17-13-15-9-7-8(4-5-10(9)19-13)14-12(16)11-3-2-6-18-11/h2-7H,1H3,(H,14,16). The molecule has 0 radical (unpaired) electrons. The van der Waals surface area contributed by atoms with Crippen LogP contribution in [0.3, 0.4) is 0 Å². The summed E-state index contributed by atoms with van der Waals surface area (Å²) in [6, 6.07) is 9.51. The topological polar surface area (TPSA) is 42.0 Å². The van der Waals surface area contributed by atoms with Crippen molar-refractivity contribution in [2.75, 3.05) is 11.6 Å². The maximum atomic E-state index is 12.0. The van der Waals surface area contributed by atoms with Crippen LogP contribution in [0.5, 0.6) is 0 Å². The van der Waals surface area contributed by atoms with E-state index in [1.54, 1.807) is 23.1 Å². The average Bonchev–Trinajstić information content (AvgIpc) is 3.07. The van der Waals surface area contributed by atoms with E-state index in [1.807, 2.05) is 42.0 Å². The highest BCUT2D eigenvalue weighted by Crippen LogP contribution is 2.29. The minimum absolute atomic E-state index is 0.0744. The average molecular weight is 306 g/mol. The zero-order valence-electron chi connectivity index (χ0n) is 10.0. The van der Waals surface area contributed by atoms with Crippen molar-refractivity contribution in [2.45, 2.75) is 4.34 Å². The number of thioether (sulfide) groups is 1. The van der Waals surface area contributed by atoms with E-state index in [1.165, 1.54) is 11.3 Å². The number of benzene rings is 1. The third kappa shape index (κ3) is 2.65. The van der Waals surface area contributed by atoms with Crippen molar-refractivity contribution in [3.8, 4) is 0 Å². The highest BCUT2D eigenvalue weighted by atomic mass is 32.2. The lowest BCUT2D eigenvalue weighted by Gasteiger charge is -2.02. The Labute approximate surface area is 122 Å². The van der Waals surface area contributed by atoms with E-state index in [9.17, 15) is 4.79 Å². The van der Waals surface area contributed by atoms with Gasteiger partial charge in [-0.2, -0.15) is 0 Å². The molecule has 2 aromatic heterocycles. The maximum Gasteiger partial charge on any atom is 0.265 e. The van der Waals surface area contributed by atoms with Crippen molar-refractivity contribution in [3.63, 3.8) is 0 Å². The SMILES string of the molecule is CSc1nc2cc(NC(=O)c3cccs3)ccc2s1. The molecule has 0 aliphatic rings. The molecule has 0 bridgehead atoms. The summed E-state index contributed by atoms with van der Waals surface area (Å²) in [6.45, 7) is 0. The molecule has 0 spiro atoms. The van der Waals surface area contributed by atoms with Crippen molar-refractivity contribution in [1.82, 2.24) is 4.98 Å². The molecule has 3 aromatic rings. The molecule has 1 amide bonds. The van der Waals surface area contributed by atoms with Gasteiger partial charge in [-0.05, 0) is 35.9 Å². The minimum atomic E-state index is -0.0744. The Hall–Kier alpha value is -1.37. The number of rotatable bonds is 3. The van der Waals surface area contributed by atoms with Gasteiger partial charge in [0, 0.05) is 5.69 Å². The predicted octanol–water partition coefficient (Wildman–Crippen LogP) is 4.33. The molecule has 0 saturated carbocycles. The molecule has 96 valence electrons. The Morgan fingerprint density at radius 1 is 1.37 bits per heavy atom. The first-order valence-electron chi connectivity index (χ1n) is 5.56. The Bertz CT molecular complexity index is 719. The molecule has 6 heteroatoms. The fourth-order valence-electron chi connectivity index (χ4n) is 1.67. The van der Waals surface area contributed by atoms with Crippen LogP contribution in [-0.2, 0) is 0 Å². The van der Waals surface area contributed by atoms with Gasteiger partial charge in [-0.15, -0.1) is 22.7 Å². The largest absolute Gasteiger partial charge is 0.321 e. The third-order valence-corrected chi connectivity index (χ3v) is 5.44. The lowest BCUT2D eigenvalue weighted by molar-refractivity contribution is 0.103. The minimum Gasteiger partial charge on any atom is -0.321 e. The molecule has 0 unspecified atom stereocenters. The van der Waals surface area contributed by atoms with E-state index in [2.05, 4.69) is 10.3 Å². The Morgan fingerprint density at radius 2 is 2.26 bits per heavy atom. The first-order valence-corrected chi connectivity index (χ1v) is 8.48. The van der Waals surface area contributed by atoms with Crippen LogP contribution >= 0.6 is 34.4 Å². The van der Waals surface area contributed by atoms with Gasteiger partial charge < -0.3 is 5.32 Å². The number of amides is 1. The van der Waals surface area contributed by atoms with Crippen LogP contribution in [0.2, 0.25) is 0 Å². The van der Waals surface area contributed by atoms with Gasteiger partial charge >= 0.3 is 0 Å². The summed E-state index contributed by atoms with van der Waals surface area (Å²) in [6.07, 6.45) is 2.01. The Kier molecular flexibility index (Phi) is 3.54. The van der Waals surface area contributed by atoms with E-state index in [0.29, 0.717) is 4.88 Å². The highest BCUT2D eigenvalue weighted by Gasteiger charge is 2.08. The van der Waals surface area contributed by atoms with Crippen LogP contribution in [-0.4, -0.2) is 17.1 Å². The number of hydrogen-bond donors (Lipinski definition) is 1. The summed E-state index contributed by atoms with van der Waals surface area (Å²) < 4.78 is 2.18. The Balaban J connectivity index is 1.87. The number of carbonyl (C=O) groups is 1. The molecule has 3 rings (SSSR count). The molecule has 3 nitrogen and oxygen atoms in total. The van der Waals surface area contributed by atoms with Crippen molar-refractivity contribution in [1.29, 1.82) is 0 Å². The number of hydrogen-bond acceptors (Lipinski definition) is 5. The first-order chi connectivity index (χ1) is 9.26. The zero-order valence-corrected chi connectivity index (χ0v) is 12.5. The molecule has 0 saturated heterocycles. The number of carbonyl (C=O) groups excluding carboxylic acids is 1. The second kappa shape index (κ2) is 5.32. The van der Waals surface area contributed by atoms with Gasteiger partial charge in [-0.1, -0.05) is 17.8 Å². The monoisotopic (exact) mass is 306 g/mol. The number of fused-ring (bicyclic) bond motifs is 1. The second-order valence-corrected chi connectivity index (χ2v) is 6.83. The van der Waals surface area contributed by atoms with Gasteiger partial charge in [0.2, 0.25) is 0 Å². The molecule has 0 aliphatic carbocycles. The lowest BCUT2D eigenvalue weighted by Crippen LogP contribution is -2.09. The highest BCUT2D eigenvalue weighted by molar-refractivity contribution is 8.00. The van der Waals surface area contributed by atoms with E-state index in [0.717, 1.165) is 20.2 Å².